The first-order valence-electron chi connectivity index (χ1n) is 5.63. The van der Waals surface area contributed by atoms with Crippen LogP contribution in [0.3, 0.4) is 0 Å². The minimum Gasteiger partial charge on any atom is -0.348 e. The molecule has 3 heteroatoms. The van der Waals surface area contributed by atoms with Crippen LogP contribution in [0.5, 0.6) is 0 Å². The molecular weight excluding hydrogens is 202 g/mol. The summed E-state index contributed by atoms with van der Waals surface area (Å²) in [6, 6.07) is 8.07. The largest absolute Gasteiger partial charge is 0.348 e. The summed E-state index contributed by atoms with van der Waals surface area (Å²) in [5.41, 5.74) is 7.86. The highest BCUT2D eigenvalue weighted by molar-refractivity contribution is 5.23. The predicted octanol–water partition coefficient (Wildman–Crippen LogP) is 2.22. The van der Waals surface area contributed by atoms with Crippen LogP contribution in [-0.4, -0.2) is 13.2 Å². The third-order valence-corrected chi connectivity index (χ3v) is 2.74. The molecule has 0 saturated carbocycles. The molecule has 1 heterocycles. The Hall–Kier alpha value is -0.900. The van der Waals surface area contributed by atoms with E-state index in [1.165, 1.54) is 0 Å². The Balaban J connectivity index is 2.03. The maximum atomic E-state index is 5.70. The van der Waals surface area contributed by atoms with E-state index in [1.807, 2.05) is 24.3 Å². The number of ether oxygens (including phenoxy) is 2. The summed E-state index contributed by atoms with van der Waals surface area (Å²) in [7, 11) is 0. The van der Waals surface area contributed by atoms with Gasteiger partial charge in [0.25, 0.3) is 0 Å². The Morgan fingerprint density at radius 1 is 1.19 bits per heavy atom. The van der Waals surface area contributed by atoms with Gasteiger partial charge < -0.3 is 15.2 Å². The molecule has 0 atom stereocenters. The summed E-state index contributed by atoms with van der Waals surface area (Å²) in [5.74, 6) is 0. The van der Waals surface area contributed by atoms with Gasteiger partial charge in [-0.1, -0.05) is 38.1 Å². The van der Waals surface area contributed by atoms with Crippen LogP contribution in [0, 0.1) is 5.41 Å². The van der Waals surface area contributed by atoms with Gasteiger partial charge in [-0.3, -0.25) is 0 Å². The van der Waals surface area contributed by atoms with E-state index in [0.717, 1.165) is 24.3 Å². The first-order chi connectivity index (χ1) is 7.61. The number of benzene rings is 1. The molecular formula is C13H19NO2. The van der Waals surface area contributed by atoms with Crippen LogP contribution in [0.25, 0.3) is 0 Å². The van der Waals surface area contributed by atoms with Crippen molar-refractivity contribution in [2.45, 2.75) is 26.7 Å². The van der Waals surface area contributed by atoms with Crippen molar-refractivity contribution < 1.29 is 9.47 Å². The molecule has 0 spiro atoms. The molecule has 0 aromatic heterocycles. The first kappa shape index (κ1) is 11.6. The lowest BCUT2D eigenvalue weighted by molar-refractivity contribution is -0.226. The molecule has 1 aromatic rings. The van der Waals surface area contributed by atoms with Crippen molar-refractivity contribution in [3.63, 3.8) is 0 Å². The van der Waals surface area contributed by atoms with Crippen molar-refractivity contribution in [3.8, 4) is 0 Å². The van der Waals surface area contributed by atoms with E-state index < -0.39 is 0 Å². The monoisotopic (exact) mass is 221 g/mol. The van der Waals surface area contributed by atoms with E-state index in [2.05, 4.69) is 13.8 Å². The fraction of sp³-hybridized carbons (Fsp3) is 0.538. The number of hydrogen-bond donors (Lipinski definition) is 1. The molecule has 1 aliphatic rings. The molecule has 1 aliphatic heterocycles. The molecule has 1 fully saturated rings. The van der Waals surface area contributed by atoms with Gasteiger partial charge in [-0.05, 0) is 5.56 Å². The zero-order valence-corrected chi connectivity index (χ0v) is 9.90. The third kappa shape index (κ3) is 2.61. The van der Waals surface area contributed by atoms with Crippen molar-refractivity contribution in [2.24, 2.45) is 11.1 Å². The van der Waals surface area contributed by atoms with E-state index in [9.17, 15) is 0 Å². The third-order valence-electron chi connectivity index (χ3n) is 2.74. The van der Waals surface area contributed by atoms with Crippen molar-refractivity contribution in [1.82, 2.24) is 0 Å². The summed E-state index contributed by atoms with van der Waals surface area (Å²) < 4.78 is 11.4. The van der Waals surface area contributed by atoms with Crippen LogP contribution >= 0.6 is 0 Å². The highest BCUT2D eigenvalue weighted by atomic mass is 16.7. The zero-order chi connectivity index (χ0) is 11.6. The molecule has 88 valence electrons. The summed E-state index contributed by atoms with van der Waals surface area (Å²) in [4.78, 5) is 0. The van der Waals surface area contributed by atoms with Gasteiger partial charge in [-0.15, -0.1) is 0 Å². The maximum absolute atomic E-state index is 5.70. The number of rotatable bonds is 2. The Bertz CT molecular complexity index is 335. The molecule has 1 saturated heterocycles. The minimum absolute atomic E-state index is 0.119. The highest BCUT2D eigenvalue weighted by Gasteiger charge is 2.28. The van der Waals surface area contributed by atoms with E-state index >= 15 is 0 Å². The number of nitrogens with two attached hydrogens (primary N) is 1. The first-order valence-corrected chi connectivity index (χ1v) is 5.63. The lowest BCUT2D eigenvalue weighted by Gasteiger charge is -2.34. The normalized spacial score (nSPS) is 20.9. The molecule has 3 nitrogen and oxygen atoms in total. The van der Waals surface area contributed by atoms with Gasteiger partial charge in [0.05, 0.1) is 13.2 Å². The summed E-state index contributed by atoms with van der Waals surface area (Å²) in [6.07, 6.45) is -0.222. The fourth-order valence-electron chi connectivity index (χ4n) is 1.70. The van der Waals surface area contributed by atoms with Gasteiger partial charge in [-0.2, -0.15) is 0 Å². The molecule has 0 bridgehead atoms. The summed E-state index contributed by atoms with van der Waals surface area (Å²) in [5, 5.41) is 0. The van der Waals surface area contributed by atoms with Crippen molar-refractivity contribution >= 4 is 0 Å². The minimum atomic E-state index is -0.222. The van der Waals surface area contributed by atoms with Crippen molar-refractivity contribution in [1.29, 1.82) is 0 Å². The molecule has 0 aliphatic carbocycles. The quantitative estimate of drug-likeness (QED) is 0.832. The lowest BCUT2D eigenvalue weighted by atomic mass is 9.95. The fourth-order valence-corrected chi connectivity index (χ4v) is 1.70. The Morgan fingerprint density at radius 3 is 2.25 bits per heavy atom. The van der Waals surface area contributed by atoms with Crippen LogP contribution in [0.2, 0.25) is 0 Å². The number of hydrogen-bond acceptors (Lipinski definition) is 3. The van der Waals surface area contributed by atoms with Crippen LogP contribution in [0.4, 0.5) is 0 Å². The van der Waals surface area contributed by atoms with Gasteiger partial charge in [0.2, 0.25) is 0 Å². The Labute approximate surface area is 96.5 Å². The SMILES string of the molecule is CC1(C)COC(c2ccc(CN)cc2)OC1. The van der Waals surface area contributed by atoms with Gasteiger partial charge >= 0.3 is 0 Å². The van der Waals surface area contributed by atoms with Crippen molar-refractivity contribution in [2.75, 3.05) is 13.2 Å². The second kappa shape index (κ2) is 4.53. The Morgan fingerprint density at radius 2 is 1.75 bits per heavy atom. The second-order valence-corrected chi connectivity index (χ2v) is 5.06. The van der Waals surface area contributed by atoms with Crippen LogP contribution < -0.4 is 5.73 Å². The van der Waals surface area contributed by atoms with Gasteiger partial charge in [-0.25, -0.2) is 0 Å². The van der Waals surface area contributed by atoms with Crippen LogP contribution in [0.15, 0.2) is 24.3 Å². The maximum Gasteiger partial charge on any atom is 0.183 e. The van der Waals surface area contributed by atoms with Crippen LogP contribution in [0.1, 0.15) is 31.3 Å². The van der Waals surface area contributed by atoms with E-state index in [1.54, 1.807) is 0 Å². The lowest BCUT2D eigenvalue weighted by Crippen LogP contribution is -2.33. The molecule has 1 aromatic carbocycles. The zero-order valence-electron chi connectivity index (χ0n) is 9.90. The average molecular weight is 221 g/mol. The second-order valence-electron chi connectivity index (χ2n) is 5.06. The van der Waals surface area contributed by atoms with Gasteiger partial charge in [0.1, 0.15) is 0 Å². The molecule has 0 unspecified atom stereocenters. The molecule has 16 heavy (non-hydrogen) atoms. The molecule has 2 rings (SSSR count). The average Bonchev–Trinajstić information content (AvgIpc) is 2.29. The molecule has 0 amide bonds. The summed E-state index contributed by atoms with van der Waals surface area (Å²) in [6.45, 7) is 6.31. The standard InChI is InChI=1S/C13H19NO2/c1-13(2)8-15-12(16-9-13)11-5-3-10(7-14)4-6-11/h3-6,12H,7-9,14H2,1-2H3. The van der Waals surface area contributed by atoms with Crippen LogP contribution in [-0.2, 0) is 16.0 Å². The van der Waals surface area contributed by atoms with Gasteiger partial charge in [0, 0.05) is 17.5 Å². The highest BCUT2D eigenvalue weighted by Crippen LogP contribution is 2.30. The van der Waals surface area contributed by atoms with Crippen molar-refractivity contribution in [3.05, 3.63) is 35.4 Å². The molecule has 2 N–H and O–H groups in total. The van der Waals surface area contributed by atoms with E-state index in [4.69, 9.17) is 15.2 Å². The smallest absolute Gasteiger partial charge is 0.183 e. The predicted molar refractivity (Wildman–Crippen MR) is 62.8 cm³/mol. The Kier molecular flexibility index (Phi) is 3.28. The van der Waals surface area contributed by atoms with E-state index in [-0.39, 0.29) is 11.7 Å². The summed E-state index contributed by atoms with van der Waals surface area (Å²) >= 11 is 0. The van der Waals surface area contributed by atoms with E-state index in [0.29, 0.717) is 6.54 Å². The topological polar surface area (TPSA) is 44.5 Å². The molecule has 0 radical (unpaired) electrons. The van der Waals surface area contributed by atoms with Gasteiger partial charge in [0.15, 0.2) is 6.29 Å².